The van der Waals surface area contributed by atoms with Crippen molar-refractivity contribution in [2.45, 2.75) is 45.4 Å². The number of hydrogen-bond acceptors (Lipinski definition) is 4. The normalized spacial score (nSPS) is 24.4. The third-order valence-corrected chi connectivity index (χ3v) is 3.21. The van der Waals surface area contributed by atoms with E-state index in [1.165, 1.54) is 0 Å². The number of carbonyl (C=O) groups is 1. The van der Waals surface area contributed by atoms with Crippen molar-refractivity contribution >= 4 is 16.0 Å². The molecule has 1 aliphatic heterocycles. The first-order chi connectivity index (χ1) is 8.59. The standard InChI is InChI=1S/C9H18N2O.CHF3O3S/c1-6-7(12)11(5)8(10-6)9(2,3)4;2-1(3,4)8(5,6)7/h6,8,10H,1-5H3;(H,5,6,7)/t6-,8+;/m0./s1. The van der Waals surface area contributed by atoms with Crippen LogP contribution in [0.1, 0.15) is 27.7 Å². The highest BCUT2D eigenvalue weighted by Crippen LogP contribution is 2.25. The first-order valence-electron chi connectivity index (χ1n) is 5.65. The molecule has 1 saturated heterocycles. The second kappa shape index (κ2) is 5.86. The predicted octanol–water partition coefficient (Wildman–Crippen LogP) is 1.20. The minimum atomic E-state index is -5.84. The molecule has 0 radical (unpaired) electrons. The molecule has 0 saturated carbocycles. The molecule has 0 spiro atoms. The fourth-order valence-corrected chi connectivity index (χ4v) is 1.68. The molecule has 2 atom stereocenters. The maximum absolute atomic E-state index is 11.4. The lowest BCUT2D eigenvalue weighted by atomic mass is 9.92. The van der Waals surface area contributed by atoms with Gasteiger partial charge in [0.2, 0.25) is 5.91 Å². The van der Waals surface area contributed by atoms with Crippen LogP contribution in [-0.4, -0.2) is 48.5 Å². The van der Waals surface area contributed by atoms with Gasteiger partial charge in [-0.15, -0.1) is 0 Å². The summed E-state index contributed by atoms with van der Waals surface area (Å²) in [6.07, 6.45) is 0.167. The van der Waals surface area contributed by atoms with Crippen molar-refractivity contribution in [3.63, 3.8) is 0 Å². The fraction of sp³-hybridized carbons (Fsp3) is 0.900. The summed E-state index contributed by atoms with van der Waals surface area (Å²) in [6, 6.07) is -0.0285. The smallest absolute Gasteiger partial charge is 0.328 e. The van der Waals surface area contributed by atoms with Crippen LogP contribution in [0.25, 0.3) is 0 Å². The number of nitrogens with one attached hydrogen (secondary N) is 1. The van der Waals surface area contributed by atoms with E-state index in [0.717, 1.165) is 0 Å². The summed E-state index contributed by atoms with van der Waals surface area (Å²) >= 11 is 0. The summed E-state index contributed by atoms with van der Waals surface area (Å²) < 4.78 is 57.5. The Morgan fingerprint density at radius 1 is 1.25 bits per heavy atom. The molecule has 0 unspecified atom stereocenters. The number of carbonyl (C=O) groups excluding carboxylic acids is 1. The number of hydrogen-bond donors (Lipinski definition) is 2. The van der Waals surface area contributed by atoms with E-state index in [1.54, 1.807) is 4.90 Å². The van der Waals surface area contributed by atoms with Crippen LogP contribution >= 0.6 is 0 Å². The Kier molecular flexibility index (Phi) is 5.61. The van der Waals surface area contributed by atoms with Crippen LogP contribution in [0, 0.1) is 5.41 Å². The minimum absolute atomic E-state index is 0.0285. The van der Waals surface area contributed by atoms with Gasteiger partial charge in [0.1, 0.15) is 0 Å². The molecule has 1 aliphatic rings. The summed E-state index contributed by atoms with van der Waals surface area (Å²) in [5.41, 5.74) is -5.43. The molecule has 1 rings (SSSR count). The summed E-state index contributed by atoms with van der Waals surface area (Å²) in [6.45, 7) is 8.30. The van der Waals surface area contributed by atoms with Gasteiger partial charge in [-0.05, 0) is 12.3 Å². The Morgan fingerprint density at radius 2 is 1.60 bits per heavy atom. The number of nitrogens with zero attached hydrogens (tertiary/aromatic N) is 1. The van der Waals surface area contributed by atoms with Crippen molar-refractivity contribution in [3.05, 3.63) is 0 Å². The maximum atomic E-state index is 11.4. The van der Waals surface area contributed by atoms with Crippen LogP contribution in [0.2, 0.25) is 0 Å². The molecule has 1 fully saturated rings. The molecular formula is C10H19F3N2O4S. The van der Waals surface area contributed by atoms with E-state index in [-0.39, 0.29) is 23.5 Å². The highest BCUT2D eigenvalue weighted by Gasteiger charge is 2.44. The van der Waals surface area contributed by atoms with Crippen molar-refractivity contribution in [2.24, 2.45) is 5.41 Å². The van der Waals surface area contributed by atoms with Gasteiger partial charge < -0.3 is 4.90 Å². The Labute approximate surface area is 116 Å². The SMILES string of the molecule is C[C@@H]1N[C@@H](C(C)(C)C)N(C)C1=O.O=S(=O)(O)C(F)(F)F. The van der Waals surface area contributed by atoms with Gasteiger partial charge in [0.25, 0.3) is 0 Å². The number of likely N-dealkylation sites (N-methyl/N-ethyl adjacent to an activating group) is 1. The van der Waals surface area contributed by atoms with Gasteiger partial charge in [-0.1, -0.05) is 20.8 Å². The Bertz CT molecular complexity index is 456. The summed E-state index contributed by atoms with van der Waals surface area (Å²) in [5, 5.41) is 3.27. The fourth-order valence-electron chi connectivity index (χ4n) is 1.68. The largest absolute Gasteiger partial charge is 0.522 e. The number of alkyl halides is 3. The number of rotatable bonds is 0. The maximum Gasteiger partial charge on any atom is 0.522 e. The van der Waals surface area contributed by atoms with Gasteiger partial charge in [0.05, 0.1) is 12.2 Å². The molecule has 0 aromatic rings. The van der Waals surface area contributed by atoms with E-state index in [1.807, 2.05) is 14.0 Å². The summed E-state index contributed by atoms with van der Waals surface area (Å²) in [4.78, 5) is 13.2. The molecular weight excluding hydrogens is 301 g/mol. The van der Waals surface area contributed by atoms with Gasteiger partial charge >= 0.3 is 15.6 Å². The second-order valence-corrected chi connectivity index (χ2v) is 6.94. The van der Waals surface area contributed by atoms with Crippen LogP contribution in [0.5, 0.6) is 0 Å². The average molecular weight is 320 g/mol. The molecule has 20 heavy (non-hydrogen) atoms. The zero-order chi connectivity index (χ0) is 16.5. The van der Waals surface area contributed by atoms with Crippen LogP contribution in [0.4, 0.5) is 13.2 Å². The molecule has 0 aromatic carbocycles. The van der Waals surface area contributed by atoms with Crippen LogP contribution in [0.3, 0.4) is 0 Å². The van der Waals surface area contributed by atoms with Crippen molar-refractivity contribution in [3.8, 4) is 0 Å². The van der Waals surface area contributed by atoms with E-state index >= 15 is 0 Å². The van der Waals surface area contributed by atoms with Crippen LogP contribution in [-0.2, 0) is 14.9 Å². The number of halogens is 3. The summed E-state index contributed by atoms with van der Waals surface area (Å²) in [5.74, 6) is 0.190. The predicted molar refractivity (Wildman–Crippen MR) is 66.2 cm³/mol. The molecule has 0 aromatic heterocycles. The van der Waals surface area contributed by atoms with E-state index < -0.39 is 15.6 Å². The highest BCUT2D eigenvalue weighted by molar-refractivity contribution is 7.86. The molecule has 0 bridgehead atoms. The topological polar surface area (TPSA) is 86.7 Å². The molecule has 6 nitrogen and oxygen atoms in total. The Balaban J connectivity index is 0.000000396. The monoisotopic (exact) mass is 320 g/mol. The Morgan fingerprint density at radius 3 is 1.70 bits per heavy atom. The van der Waals surface area contributed by atoms with Gasteiger partial charge in [-0.2, -0.15) is 21.6 Å². The van der Waals surface area contributed by atoms with Crippen molar-refractivity contribution in [1.82, 2.24) is 10.2 Å². The molecule has 0 aliphatic carbocycles. The van der Waals surface area contributed by atoms with E-state index in [9.17, 15) is 18.0 Å². The van der Waals surface area contributed by atoms with Crippen molar-refractivity contribution < 1.29 is 30.9 Å². The van der Waals surface area contributed by atoms with Gasteiger partial charge in [-0.3, -0.25) is 14.7 Å². The molecule has 1 amide bonds. The minimum Gasteiger partial charge on any atom is -0.328 e. The molecule has 2 N–H and O–H groups in total. The van der Waals surface area contributed by atoms with Crippen molar-refractivity contribution in [1.29, 1.82) is 0 Å². The zero-order valence-corrected chi connectivity index (χ0v) is 12.6. The van der Waals surface area contributed by atoms with E-state index in [4.69, 9.17) is 13.0 Å². The first-order valence-corrected chi connectivity index (χ1v) is 7.09. The molecule has 10 heteroatoms. The third-order valence-electron chi connectivity index (χ3n) is 2.63. The third kappa shape index (κ3) is 4.91. The Hall–Kier alpha value is -0.870. The molecule has 1 heterocycles. The van der Waals surface area contributed by atoms with Gasteiger partial charge in [0.15, 0.2) is 0 Å². The lowest BCUT2D eigenvalue weighted by Gasteiger charge is -2.32. The average Bonchev–Trinajstić information content (AvgIpc) is 2.43. The summed E-state index contributed by atoms with van der Waals surface area (Å²) in [7, 11) is -3.98. The van der Waals surface area contributed by atoms with Gasteiger partial charge in [0, 0.05) is 7.05 Å². The highest BCUT2D eigenvalue weighted by atomic mass is 32.2. The van der Waals surface area contributed by atoms with E-state index in [0.29, 0.717) is 0 Å². The zero-order valence-electron chi connectivity index (χ0n) is 11.8. The van der Waals surface area contributed by atoms with Gasteiger partial charge in [-0.25, -0.2) is 0 Å². The van der Waals surface area contributed by atoms with Crippen molar-refractivity contribution in [2.75, 3.05) is 7.05 Å². The lowest BCUT2D eigenvalue weighted by Crippen LogP contribution is -2.45. The first kappa shape index (κ1) is 19.1. The van der Waals surface area contributed by atoms with Crippen LogP contribution in [0.15, 0.2) is 0 Å². The quantitative estimate of drug-likeness (QED) is 0.517. The second-order valence-electron chi connectivity index (χ2n) is 5.53. The molecule has 120 valence electrons. The number of amides is 1. The van der Waals surface area contributed by atoms with E-state index in [2.05, 4.69) is 26.1 Å². The lowest BCUT2D eigenvalue weighted by molar-refractivity contribution is -0.129. The van der Waals surface area contributed by atoms with Crippen LogP contribution < -0.4 is 5.32 Å².